The van der Waals surface area contributed by atoms with E-state index in [1.807, 2.05) is 0 Å². The Balaban J connectivity index is 2.06. The molecular weight excluding hydrogens is 144 g/mol. The lowest BCUT2D eigenvalue weighted by molar-refractivity contribution is -0.0464. The van der Waals surface area contributed by atoms with E-state index in [0.717, 1.165) is 18.4 Å². The van der Waals surface area contributed by atoms with E-state index in [2.05, 4.69) is 6.58 Å². The zero-order valence-electron chi connectivity index (χ0n) is 6.58. The van der Waals surface area contributed by atoms with Gasteiger partial charge in [-0.2, -0.15) is 0 Å². The number of hydrogen-bond donors (Lipinski definition) is 1. The molecule has 1 fully saturated rings. The van der Waals surface area contributed by atoms with Crippen molar-refractivity contribution in [1.82, 2.24) is 0 Å². The average Bonchev–Trinajstić information content (AvgIpc) is 2.52. The van der Waals surface area contributed by atoms with Gasteiger partial charge in [0.2, 0.25) is 0 Å². The summed E-state index contributed by atoms with van der Waals surface area (Å²) in [4.78, 5) is 0. The van der Waals surface area contributed by atoms with Crippen molar-refractivity contribution in [3.63, 3.8) is 0 Å². The van der Waals surface area contributed by atoms with E-state index >= 15 is 0 Å². The molecule has 0 aromatic carbocycles. The van der Waals surface area contributed by atoms with Crippen molar-refractivity contribution in [3.05, 3.63) is 12.2 Å². The zero-order chi connectivity index (χ0) is 8.10. The van der Waals surface area contributed by atoms with Crippen LogP contribution in [0.15, 0.2) is 12.2 Å². The maximum Gasteiger partial charge on any atom is 0.158 e. The molecule has 3 heteroatoms. The molecule has 0 aromatic rings. The SMILES string of the molecule is C=C(CO)CCC1OCCO1. The van der Waals surface area contributed by atoms with Gasteiger partial charge in [-0.25, -0.2) is 0 Å². The Labute approximate surface area is 66.6 Å². The number of ether oxygens (including phenoxy) is 2. The van der Waals surface area contributed by atoms with Gasteiger partial charge in [0.05, 0.1) is 19.8 Å². The van der Waals surface area contributed by atoms with Gasteiger partial charge < -0.3 is 14.6 Å². The fourth-order valence-corrected chi connectivity index (χ4v) is 0.975. The van der Waals surface area contributed by atoms with Crippen LogP contribution in [-0.4, -0.2) is 31.2 Å². The van der Waals surface area contributed by atoms with E-state index in [0.29, 0.717) is 13.2 Å². The smallest absolute Gasteiger partial charge is 0.158 e. The second-order valence-electron chi connectivity index (χ2n) is 2.62. The molecule has 0 atom stereocenters. The molecule has 3 nitrogen and oxygen atoms in total. The molecule has 1 rings (SSSR count). The maximum atomic E-state index is 8.63. The first kappa shape index (κ1) is 8.71. The van der Waals surface area contributed by atoms with Crippen LogP contribution in [0.2, 0.25) is 0 Å². The van der Waals surface area contributed by atoms with Crippen molar-refractivity contribution >= 4 is 0 Å². The lowest BCUT2D eigenvalue weighted by atomic mass is 10.2. The number of rotatable bonds is 4. The molecule has 1 N–H and O–H groups in total. The second-order valence-corrected chi connectivity index (χ2v) is 2.62. The molecule has 1 saturated heterocycles. The summed E-state index contributed by atoms with van der Waals surface area (Å²) < 4.78 is 10.4. The summed E-state index contributed by atoms with van der Waals surface area (Å²) >= 11 is 0. The quantitative estimate of drug-likeness (QED) is 0.612. The van der Waals surface area contributed by atoms with Gasteiger partial charge in [-0.05, 0) is 6.42 Å². The highest BCUT2D eigenvalue weighted by Gasteiger charge is 2.15. The minimum absolute atomic E-state index is 0.0622. The Morgan fingerprint density at radius 1 is 1.45 bits per heavy atom. The van der Waals surface area contributed by atoms with Crippen LogP contribution >= 0.6 is 0 Å². The molecule has 0 amide bonds. The molecular formula is C8H14O3. The molecule has 0 saturated carbocycles. The highest BCUT2D eigenvalue weighted by Crippen LogP contribution is 2.12. The minimum atomic E-state index is -0.0710. The Bertz CT molecular complexity index is 127. The third-order valence-electron chi connectivity index (χ3n) is 1.65. The van der Waals surface area contributed by atoms with Crippen LogP contribution in [-0.2, 0) is 9.47 Å². The van der Waals surface area contributed by atoms with Gasteiger partial charge in [0.25, 0.3) is 0 Å². The van der Waals surface area contributed by atoms with Crippen LogP contribution in [0.25, 0.3) is 0 Å². The van der Waals surface area contributed by atoms with Crippen LogP contribution in [0.3, 0.4) is 0 Å². The summed E-state index contributed by atoms with van der Waals surface area (Å²) in [5.41, 5.74) is 0.837. The Morgan fingerprint density at radius 2 is 2.09 bits per heavy atom. The largest absolute Gasteiger partial charge is 0.392 e. The Morgan fingerprint density at radius 3 is 2.64 bits per heavy atom. The van der Waals surface area contributed by atoms with E-state index < -0.39 is 0 Å². The molecule has 64 valence electrons. The minimum Gasteiger partial charge on any atom is -0.392 e. The summed E-state index contributed by atoms with van der Waals surface area (Å²) in [6, 6.07) is 0. The van der Waals surface area contributed by atoms with Gasteiger partial charge in [-0.1, -0.05) is 12.2 Å². The molecule has 0 unspecified atom stereocenters. The number of aliphatic hydroxyl groups excluding tert-OH is 1. The molecule has 1 aliphatic heterocycles. The first-order valence-corrected chi connectivity index (χ1v) is 3.83. The van der Waals surface area contributed by atoms with E-state index in [1.165, 1.54) is 0 Å². The predicted molar refractivity (Wildman–Crippen MR) is 41.2 cm³/mol. The third kappa shape index (κ3) is 3.01. The zero-order valence-corrected chi connectivity index (χ0v) is 6.58. The Kier molecular flexibility index (Phi) is 3.56. The van der Waals surface area contributed by atoms with Crippen molar-refractivity contribution in [2.24, 2.45) is 0 Å². The van der Waals surface area contributed by atoms with Crippen LogP contribution in [0.5, 0.6) is 0 Å². The fraction of sp³-hybridized carbons (Fsp3) is 0.750. The third-order valence-corrected chi connectivity index (χ3v) is 1.65. The van der Waals surface area contributed by atoms with Gasteiger partial charge in [-0.15, -0.1) is 0 Å². The summed E-state index contributed by atoms with van der Waals surface area (Å²) in [6.07, 6.45) is 1.51. The molecule has 0 aromatic heterocycles. The topological polar surface area (TPSA) is 38.7 Å². The van der Waals surface area contributed by atoms with E-state index in [-0.39, 0.29) is 12.9 Å². The van der Waals surface area contributed by atoms with E-state index in [4.69, 9.17) is 14.6 Å². The molecule has 0 spiro atoms. The normalized spacial score (nSPS) is 19.0. The van der Waals surface area contributed by atoms with Crippen molar-refractivity contribution in [1.29, 1.82) is 0 Å². The van der Waals surface area contributed by atoms with E-state index in [1.54, 1.807) is 0 Å². The molecule has 0 radical (unpaired) electrons. The van der Waals surface area contributed by atoms with Gasteiger partial charge in [0.1, 0.15) is 0 Å². The summed E-state index contributed by atoms with van der Waals surface area (Å²) in [6.45, 7) is 5.12. The van der Waals surface area contributed by atoms with Gasteiger partial charge in [-0.3, -0.25) is 0 Å². The second kappa shape index (κ2) is 4.49. The highest BCUT2D eigenvalue weighted by molar-refractivity contribution is 4.93. The van der Waals surface area contributed by atoms with Gasteiger partial charge >= 0.3 is 0 Å². The highest BCUT2D eigenvalue weighted by atomic mass is 16.7. The van der Waals surface area contributed by atoms with Crippen molar-refractivity contribution in [3.8, 4) is 0 Å². The van der Waals surface area contributed by atoms with Crippen molar-refractivity contribution in [2.75, 3.05) is 19.8 Å². The molecule has 0 bridgehead atoms. The Hall–Kier alpha value is -0.380. The molecule has 1 aliphatic rings. The average molecular weight is 158 g/mol. The summed E-state index contributed by atoms with van der Waals surface area (Å²) in [5, 5.41) is 8.63. The first-order chi connectivity index (χ1) is 5.33. The van der Waals surface area contributed by atoms with Gasteiger partial charge in [0.15, 0.2) is 6.29 Å². The van der Waals surface area contributed by atoms with Crippen LogP contribution in [0.1, 0.15) is 12.8 Å². The van der Waals surface area contributed by atoms with Crippen LogP contribution < -0.4 is 0 Å². The van der Waals surface area contributed by atoms with Gasteiger partial charge in [0, 0.05) is 6.42 Å². The molecule has 1 heterocycles. The first-order valence-electron chi connectivity index (χ1n) is 3.83. The lowest BCUT2D eigenvalue weighted by Crippen LogP contribution is -2.07. The predicted octanol–water partition coefficient (Wildman–Crippen LogP) is 0.688. The molecule has 11 heavy (non-hydrogen) atoms. The van der Waals surface area contributed by atoms with Crippen LogP contribution in [0, 0.1) is 0 Å². The fourth-order valence-electron chi connectivity index (χ4n) is 0.975. The standard InChI is InChI=1S/C8H14O3/c1-7(6-9)2-3-8-10-4-5-11-8/h8-9H,1-6H2. The monoisotopic (exact) mass is 158 g/mol. The maximum absolute atomic E-state index is 8.63. The van der Waals surface area contributed by atoms with Crippen molar-refractivity contribution in [2.45, 2.75) is 19.1 Å². The number of hydrogen-bond acceptors (Lipinski definition) is 3. The van der Waals surface area contributed by atoms with Crippen molar-refractivity contribution < 1.29 is 14.6 Å². The van der Waals surface area contributed by atoms with E-state index in [9.17, 15) is 0 Å². The van der Waals surface area contributed by atoms with Crippen LogP contribution in [0.4, 0.5) is 0 Å². The summed E-state index contributed by atoms with van der Waals surface area (Å²) in [5.74, 6) is 0. The number of aliphatic hydroxyl groups is 1. The molecule has 0 aliphatic carbocycles. The summed E-state index contributed by atoms with van der Waals surface area (Å²) in [7, 11) is 0. The lowest BCUT2D eigenvalue weighted by Gasteiger charge is -2.08.